The first kappa shape index (κ1) is 30.9. The van der Waals surface area contributed by atoms with Crippen molar-refractivity contribution in [2.24, 2.45) is 5.92 Å². The van der Waals surface area contributed by atoms with Crippen molar-refractivity contribution in [1.29, 1.82) is 0 Å². The van der Waals surface area contributed by atoms with Crippen molar-refractivity contribution in [2.45, 2.75) is 104 Å². The number of carbonyl (C=O) groups excluding carboxylic acids is 1. The van der Waals surface area contributed by atoms with E-state index in [1.54, 1.807) is 31.1 Å². The number of pyridine rings is 1. The van der Waals surface area contributed by atoms with Crippen LogP contribution in [0, 0.1) is 12.8 Å². The lowest BCUT2D eigenvalue weighted by Crippen LogP contribution is -2.48. The molecule has 43 heavy (non-hydrogen) atoms. The minimum atomic E-state index is -1.02. The van der Waals surface area contributed by atoms with E-state index in [0.717, 1.165) is 50.2 Å². The lowest BCUT2D eigenvalue weighted by molar-refractivity contribution is -0.123. The number of benzene rings is 1. The van der Waals surface area contributed by atoms with Crippen LogP contribution in [0.1, 0.15) is 83.1 Å². The number of amides is 1. The van der Waals surface area contributed by atoms with E-state index in [0.29, 0.717) is 22.6 Å². The highest BCUT2D eigenvalue weighted by molar-refractivity contribution is 5.94. The van der Waals surface area contributed by atoms with Crippen LogP contribution in [-0.4, -0.2) is 76.8 Å². The molecule has 1 aliphatic carbocycles. The van der Waals surface area contributed by atoms with Gasteiger partial charge >= 0.3 is 12.1 Å². The molecule has 1 saturated carbocycles. The van der Waals surface area contributed by atoms with E-state index >= 15 is 0 Å². The van der Waals surface area contributed by atoms with E-state index in [2.05, 4.69) is 18.7 Å². The van der Waals surface area contributed by atoms with Gasteiger partial charge in [0.25, 0.3) is 5.79 Å². The summed E-state index contributed by atoms with van der Waals surface area (Å²) in [5.74, 6) is -0.0867. The van der Waals surface area contributed by atoms with Gasteiger partial charge in [0.05, 0.1) is 17.8 Å². The summed E-state index contributed by atoms with van der Waals surface area (Å²) >= 11 is 0. The van der Waals surface area contributed by atoms with Gasteiger partial charge in [-0.3, -0.25) is 0 Å². The Balaban J connectivity index is 1.37. The normalized spacial score (nSPS) is 27.1. The van der Waals surface area contributed by atoms with Crippen molar-refractivity contribution in [2.75, 3.05) is 25.0 Å². The number of hydrogen-bond acceptors (Lipinski definition) is 8. The fourth-order valence-electron chi connectivity index (χ4n) is 6.55. The Morgan fingerprint density at radius 2 is 1.70 bits per heavy atom. The quantitative estimate of drug-likeness (QED) is 0.427. The van der Waals surface area contributed by atoms with Crippen LogP contribution in [0.5, 0.6) is 11.5 Å². The molecule has 2 fully saturated rings. The topological polar surface area (TPSA) is 111 Å². The van der Waals surface area contributed by atoms with Crippen LogP contribution in [0.2, 0.25) is 0 Å². The number of hydrogen-bond donors (Lipinski definition) is 1. The maximum absolute atomic E-state index is 12.6. The third-order valence-corrected chi connectivity index (χ3v) is 8.79. The Bertz CT molecular complexity index is 1350. The molecular weight excluding hydrogens is 550 g/mol. The van der Waals surface area contributed by atoms with E-state index < -0.39 is 17.4 Å². The molecule has 10 heteroatoms. The van der Waals surface area contributed by atoms with Crippen LogP contribution in [0.25, 0.3) is 11.1 Å². The Kier molecular flexibility index (Phi) is 8.28. The molecule has 3 heterocycles. The number of carbonyl (C=O) groups is 2. The van der Waals surface area contributed by atoms with E-state index in [-0.39, 0.29) is 35.8 Å². The average molecular weight is 596 g/mol. The molecule has 3 aliphatic rings. The van der Waals surface area contributed by atoms with Crippen LogP contribution in [0.4, 0.5) is 10.6 Å². The van der Waals surface area contributed by atoms with Gasteiger partial charge in [-0.25, -0.2) is 14.6 Å². The summed E-state index contributed by atoms with van der Waals surface area (Å²) in [7, 11) is 1.79. The highest BCUT2D eigenvalue weighted by Gasteiger charge is 2.48. The smallest absolute Gasteiger partial charge is 0.410 e. The number of aromatic carboxylic acids is 1. The van der Waals surface area contributed by atoms with Gasteiger partial charge in [0.15, 0.2) is 11.5 Å². The predicted molar refractivity (Wildman–Crippen MR) is 163 cm³/mol. The Morgan fingerprint density at radius 3 is 2.26 bits per heavy atom. The van der Waals surface area contributed by atoms with Crippen LogP contribution in [0.3, 0.4) is 0 Å². The standard InChI is InChI=1S/C33H45N3O7/c1-19-17-36(18-20(2)40-19)27-14-9-22(16-34-27)26-15-25(30(37)38)21(3)28-29(26)42-33(7,41-28)23-10-12-24(13-11-23)35(8)31(39)43-32(4,5)6/h9,14-16,19-20,23-24H,10-13,17-18H2,1-8H3,(H,37,38)/t19-,20+,23-,24-,33?. The van der Waals surface area contributed by atoms with Crippen molar-refractivity contribution in [3.8, 4) is 22.6 Å². The summed E-state index contributed by atoms with van der Waals surface area (Å²) < 4.78 is 24.6. The summed E-state index contributed by atoms with van der Waals surface area (Å²) in [5, 5.41) is 10.0. The highest BCUT2D eigenvalue weighted by atomic mass is 16.7. The summed E-state index contributed by atoms with van der Waals surface area (Å²) in [5.41, 5.74) is 1.56. The van der Waals surface area contributed by atoms with Gasteiger partial charge in [0, 0.05) is 61.9 Å². The summed E-state index contributed by atoms with van der Waals surface area (Å²) in [6, 6.07) is 5.65. The van der Waals surface area contributed by atoms with Crippen LogP contribution in [0.15, 0.2) is 24.4 Å². The van der Waals surface area contributed by atoms with Crippen molar-refractivity contribution in [3.05, 3.63) is 35.5 Å². The average Bonchev–Trinajstić information content (AvgIpc) is 3.30. The fourth-order valence-corrected chi connectivity index (χ4v) is 6.55. The van der Waals surface area contributed by atoms with E-state index in [1.807, 2.05) is 39.8 Å². The zero-order chi connectivity index (χ0) is 31.3. The summed E-state index contributed by atoms with van der Waals surface area (Å²) in [6.07, 6.45) is 4.82. The largest absolute Gasteiger partial charge is 0.478 e. The molecule has 1 amide bonds. The van der Waals surface area contributed by atoms with Crippen LogP contribution < -0.4 is 14.4 Å². The van der Waals surface area contributed by atoms with Gasteiger partial charge in [0.2, 0.25) is 0 Å². The molecule has 0 spiro atoms. The third-order valence-electron chi connectivity index (χ3n) is 8.79. The van der Waals surface area contributed by atoms with Crippen molar-refractivity contribution in [3.63, 3.8) is 0 Å². The zero-order valence-electron chi connectivity index (χ0n) is 26.6. The second kappa shape index (κ2) is 11.5. The van der Waals surface area contributed by atoms with E-state index in [9.17, 15) is 14.7 Å². The lowest BCUT2D eigenvalue weighted by Gasteiger charge is -2.40. The molecule has 1 aromatic heterocycles. The van der Waals surface area contributed by atoms with Crippen molar-refractivity contribution >= 4 is 17.9 Å². The van der Waals surface area contributed by atoms with Gasteiger partial charge in [-0.15, -0.1) is 0 Å². The number of ether oxygens (including phenoxy) is 4. The molecule has 234 valence electrons. The lowest BCUT2D eigenvalue weighted by atomic mass is 9.81. The van der Waals surface area contributed by atoms with Gasteiger partial charge in [-0.05, 0) is 85.4 Å². The first-order valence-electron chi connectivity index (χ1n) is 15.3. The van der Waals surface area contributed by atoms with E-state index in [1.165, 1.54) is 0 Å². The zero-order valence-corrected chi connectivity index (χ0v) is 26.6. The number of anilines is 1. The molecule has 1 saturated heterocycles. The maximum atomic E-state index is 12.6. The second-order valence-electron chi connectivity index (χ2n) is 13.4. The first-order valence-corrected chi connectivity index (χ1v) is 15.3. The second-order valence-corrected chi connectivity index (χ2v) is 13.4. The SMILES string of the molecule is Cc1c(C(=O)O)cc(-c2ccc(N3C[C@@H](C)O[C@@H](C)C3)nc2)c2c1OC(C)([C@H]1CC[C@H](N(C)C(=O)OC(C)(C)C)CC1)O2. The van der Waals surface area contributed by atoms with Crippen molar-refractivity contribution in [1.82, 2.24) is 9.88 Å². The molecule has 2 aliphatic heterocycles. The van der Waals surface area contributed by atoms with Gasteiger partial charge in [0.1, 0.15) is 11.4 Å². The molecule has 1 aromatic carbocycles. The molecule has 5 rings (SSSR count). The maximum Gasteiger partial charge on any atom is 0.410 e. The third kappa shape index (κ3) is 6.39. The minimum Gasteiger partial charge on any atom is -0.478 e. The van der Waals surface area contributed by atoms with E-state index in [4.69, 9.17) is 23.9 Å². The Hall–Kier alpha value is -3.53. The number of carboxylic acids is 1. The molecule has 2 aromatic rings. The van der Waals surface area contributed by atoms with Gasteiger partial charge in [-0.2, -0.15) is 0 Å². The molecule has 10 nitrogen and oxygen atoms in total. The number of aromatic nitrogens is 1. The molecule has 0 bridgehead atoms. The predicted octanol–water partition coefficient (Wildman–Crippen LogP) is 6.28. The molecule has 3 atom stereocenters. The molecule has 0 radical (unpaired) electrons. The Labute approximate surface area is 254 Å². The molecule has 1 unspecified atom stereocenters. The number of carboxylic acid groups (broad SMARTS) is 1. The van der Waals surface area contributed by atoms with Crippen LogP contribution in [-0.2, 0) is 9.47 Å². The number of nitrogens with zero attached hydrogens (tertiary/aromatic N) is 3. The summed E-state index contributed by atoms with van der Waals surface area (Å²) in [6.45, 7) is 14.9. The van der Waals surface area contributed by atoms with Crippen LogP contribution >= 0.6 is 0 Å². The number of morpholine rings is 1. The van der Waals surface area contributed by atoms with Gasteiger partial charge in [-0.1, -0.05) is 0 Å². The highest BCUT2D eigenvalue weighted by Crippen LogP contribution is 2.53. The minimum absolute atomic E-state index is 0.0505. The number of fused-ring (bicyclic) bond motifs is 1. The van der Waals surface area contributed by atoms with Crippen molar-refractivity contribution < 1.29 is 33.6 Å². The summed E-state index contributed by atoms with van der Waals surface area (Å²) in [4.78, 5) is 33.5. The molecular formula is C33H45N3O7. The number of rotatable bonds is 5. The first-order chi connectivity index (χ1) is 20.1. The fraction of sp³-hybridized carbons (Fsp3) is 0.606. The van der Waals surface area contributed by atoms with Gasteiger partial charge < -0.3 is 33.9 Å². The monoisotopic (exact) mass is 595 g/mol. The Morgan fingerprint density at radius 1 is 1.07 bits per heavy atom. The molecule has 1 N–H and O–H groups in total.